The summed E-state index contributed by atoms with van der Waals surface area (Å²) in [4.78, 5) is 9.52. The standard InChI is InChI=1S/C19H28N4/c1-21-12-5-7-19(21)16-22(2)18-9-14-23(15-10-18)13-8-17-6-3-4-11-20-17/h3-7,11-12,18H,8-10,13-16H2,1-2H3. The number of aryl methyl sites for hydroxylation is 1. The van der Waals surface area contributed by atoms with Crippen LogP contribution in [0.3, 0.4) is 0 Å². The smallest absolute Gasteiger partial charge is 0.0416 e. The molecule has 4 heteroatoms. The number of pyridine rings is 1. The molecule has 0 radical (unpaired) electrons. The van der Waals surface area contributed by atoms with Crippen LogP contribution in [0.1, 0.15) is 24.2 Å². The molecule has 1 aliphatic heterocycles. The Labute approximate surface area is 139 Å². The van der Waals surface area contributed by atoms with Crippen molar-refractivity contribution in [2.75, 3.05) is 26.7 Å². The van der Waals surface area contributed by atoms with Crippen LogP contribution in [0.15, 0.2) is 42.7 Å². The van der Waals surface area contributed by atoms with Crippen molar-refractivity contribution in [3.05, 3.63) is 54.1 Å². The van der Waals surface area contributed by atoms with Crippen molar-refractivity contribution in [1.29, 1.82) is 0 Å². The SMILES string of the molecule is CN(Cc1cccn1C)C1CCN(CCc2ccccn2)CC1. The van der Waals surface area contributed by atoms with Gasteiger partial charge in [-0.15, -0.1) is 0 Å². The number of hydrogen-bond donors (Lipinski definition) is 0. The Morgan fingerprint density at radius 3 is 2.65 bits per heavy atom. The van der Waals surface area contributed by atoms with E-state index < -0.39 is 0 Å². The van der Waals surface area contributed by atoms with Crippen LogP contribution in [0.2, 0.25) is 0 Å². The number of aromatic nitrogens is 2. The molecule has 3 heterocycles. The quantitative estimate of drug-likeness (QED) is 0.819. The second-order valence-electron chi connectivity index (χ2n) is 6.67. The molecule has 0 saturated carbocycles. The van der Waals surface area contributed by atoms with Gasteiger partial charge in [0, 0.05) is 56.4 Å². The molecule has 23 heavy (non-hydrogen) atoms. The second kappa shape index (κ2) is 7.75. The minimum Gasteiger partial charge on any atom is -0.353 e. The maximum atomic E-state index is 4.42. The van der Waals surface area contributed by atoms with Crippen LogP contribution in [0, 0.1) is 0 Å². The molecular formula is C19H28N4. The number of piperidine rings is 1. The summed E-state index contributed by atoms with van der Waals surface area (Å²) < 4.78 is 2.22. The van der Waals surface area contributed by atoms with E-state index >= 15 is 0 Å². The molecule has 0 bridgehead atoms. The van der Waals surface area contributed by atoms with Gasteiger partial charge in [-0.2, -0.15) is 0 Å². The molecule has 1 saturated heterocycles. The van der Waals surface area contributed by atoms with Crippen molar-refractivity contribution in [3.63, 3.8) is 0 Å². The van der Waals surface area contributed by atoms with Gasteiger partial charge in [0.1, 0.15) is 0 Å². The zero-order valence-electron chi connectivity index (χ0n) is 14.4. The molecule has 0 aliphatic carbocycles. The van der Waals surface area contributed by atoms with E-state index in [2.05, 4.69) is 63.9 Å². The van der Waals surface area contributed by atoms with E-state index in [4.69, 9.17) is 0 Å². The molecule has 2 aromatic heterocycles. The molecule has 0 spiro atoms. The molecule has 1 aliphatic rings. The van der Waals surface area contributed by atoms with Gasteiger partial charge < -0.3 is 9.47 Å². The summed E-state index contributed by atoms with van der Waals surface area (Å²) in [6.45, 7) is 4.58. The van der Waals surface area contributed by atoms with Gasteiger partial charge in [0.15, 0.2) is 0 Å². The normalized spacial score (nSPS) is 17.0. The average molecular weight is 312 g/mol. The topological polar surface area (TPSA) is 24.3 Å². The number of hydrogen-bond acceptors (Lipinski definition) is 3. The monoisotopic (exact) mass is 312 g/mol. The predicted molar refractivity (Wildman–Crippen MR) is 94.3 cm³/mol. The minimum atomic E-state index is 0.705. The molecule has 0 unspecified atom stereocenters. The third kappa shape index (κ3) is 4.43. The van der Waals surface area contributed by atoms with Gasteiger partial charge in [0.05, 0.1) is 0 Å². The van der Waals surface area contributed by atoms with Gasteiger partial charge in [0.25, 0.3) is 0 Å². The van der Waals surface area contributed by atoms with Gasteiger partial charge in [-0.05, 0) is 57.2 Å². The molecule has 0 aromatic carbocycles. The second-order valence-corrected chi connectivity index (χ2v) is 6.67. The molecule has 0 atom stereocenters. The lowest BCUT2D eigenvalue weighted by Gasteiger charge is -2.36. The van der Waals surface area contributed by atoms with Crippen molar-refractivity contribution in [1.82, 2.24) is 19.4 Å². The van der Waals surface area contributed by atoms with Crippen molar-refractivity contribution < 1.29 is 0 Å². The first-order valence-corrected chi connectivity index (χ1v) is 8.65. The number of nitrogens with zero attached hydrogens (tertiary/aromatic N) is 4. The summed E-state index contributed by atoms with van der Waals surface area (Å²) in [5, 5.41) is 0. The van der Waals surface area contributed by atoms with Crippen LogP contribution < -0.4 is 0 Å². The fourth-order valence-corrected chi connectivity index (χ4v) is 3.45. The van der Waals surface area contributed by atoms with Gasteiger partial charge >= 0.3 is 0 Å². The number of rotatable bonds is 6. The van der Waals surface area contributed by atoms with Gasteiger partial charge in [0.2, 0.25) is 0 Å². The highest BCUT2D eigenvalue weighted by Gasteiger charge is 2.22. The van der Waals surface area contributed by atoms with Crippen LogP contribution in [0.4, 0.5) is 0 Å². The van der Waals surface area contributed by atoms with E-state index in [1.165, 1.54) is 37.3 Å². The summed E-state index contributed by atoms with van der Waals surface area (Å²) in [7, 11) is 4.39. The molecule has 2 aromatic rings. The van der Waals surface area contributed by atoms with Crippen LogP contribution in [-0.2, 0) is 20.0 Å². The molecule has 124 valence electrons. The first kappa shape index (κ1) is 16.2. The van der Waals surface area contributed by atoms with E-state index in [9.17, 15) is 0 Å². The Morgan fingerprint density at radius 2 is 2.00 bits per heavy atom. The fourth-order valence-electron chi connectivity index (χ4n) is 3.45. The maximum Gasteiger partial charge on any atom is 0.0416 e. The lowest BCUT2D eigenvalue weighted by Crippen LogP contribution is -2.43. The van der Waals surface area contributed by atoms with Crippen LogP contribution >= 0.6 is 0 Å². The molecule has 0 amide bonds. The highest BCUT2D eigenvalue weighted by atomic mass is 15.2. The average Bonchev–Trinajstić information content (AvgIpc) is 2.99. The Hall–Kier alpha value is -1.65. The van der Waals surface area contributed by atoms with Crippen LogP contribution in [0.5, 0.6) is 0 Å². The van der Waals surface area contributed by atoms with Crippen molar-refractivity contribution in [3.8, 4) is 0 Å². The van der Waals surface area contributed by atoms with Gasteiger partial charge in [-0.3, -0.25) is 9.88 Å². The van der Waals surface area contributed by atoms with Crippen molar-refractivity contribution in [2.24, 2.45) is 7.05 Å². The summed E-state index contributed by atoms with van der Waals surface area (Å²) in [5.41, 5.74) is 2.60. The number of likely N-dealkylation sites (tertiary alicyclic amines) is 1. The third-order valence-corrected chi connectivity index (χ3v) is 5.05. The van der Waals surface area contributed by atoms with Crippen molar-refractivity contribution in [2.45, 2.75) is 31.8 Å². The highest BCUT2D eigenvalue weighted by molar-refractivity contribution is 5.06. The first-order chi connectivity index (χ1) is 11.2. The largest absolute Gasteiger partial charge is 0.353 e. The molecule has 4 nitrogen and oxygen atoms in total. The van der Waals surface area contributed by atoms with E-state index in [-0.39, 0.29) is 0 Å². The zero-order chi connectivity index (χ0) is 16.1. The van der Waals surface area contributed by atoms with Crippen LogP contribution in [-0.4, -0.2) is 52.1 Å². The lowest BCUT2D eigenvalue weighted by atomic mass is 10.0. The predicted octanol–water partition coefficient (Wildman–Crippen LogP) is 2.56. The lowest BCUT2D eigenvalue weighted by molar-refractivity contribution is 0.122. The highest BCUT2D eigenvalue weighted by Crippen LogP contribution is 2.18. The molecular weight excluding hydrogens is 284 g/mol. The van der Waals surface area contributed by atoms with Crippen molar-refractivity contribution >= 4 is 0 Å². The van der Waals surface area contributed by atoms with E-state index in [0.29, 0.717) is 6.04 Å². The van der Waals surface area contributed by atoms with Crippen LogP contribution in [0.25, 0.3) is 0 Å². The molecule has 1 fully saturated rings. The van der Waals surface area contributed by atoms with E-state index in [0.717, 1.165) is 19.5 Å². The summed E-state index contributed by atoms with van der Waals surface area (Å²) >= 11 is 0. The zero-order valence-corrected chi connectivity index (χ0v) is 14.4. The minimum absolute atomic E-state index is 0.705. The maximum absolute atomic E-state index is 4.42. The molecule has 0 N–H and O–H groups in total. The van der Waals surface area contributed by atoms with Gasteiger partial charge in [-0.1, -0.05) is 6.07 Å². The Morgan fingerprint density at radius 1 is 1.17 bits per heavy atom. The summed E-state index contributed by atoms with van der Waals surface area (Å²) in [5.74, 6) is 0. The van der Waals surface area contributed by atoms with E-state index in [1.807, 2.05) is 12.3 Å². The Bertz CT molecular complexity index is 584. The Kier molecular flexibility index (Phi) is 5.47. The third-order valence-electron chi connectivity index (χ3n) is 5.05. The molecule has 3 rings (SSSR count). The van der Waals surface area contributed by atoms with E-state index in [1.54, 1.807) is 0 Å². The first-order valence-electron chi connectivity index (χ1n) is 8.65. The fraction of sp³-hybridized carbons (Fsp3) is 0.526. The summed E-state index contributed by atoms with van der Waals surface area (Å²) in [6, 6.07) is 11.2. The summed E-state index contributed by atoms with van der Waals surface area (Å²) in [6.07, 6.45) is 7.61. The Balaban J connectivity index is 1.42. The van der Waals surface area contributed by atoms with Gasteiger partial charge in [-0.25, -0.2) is 0 Å².